The first-order valence-corrected chi connectivity index (χ1v) is 10.1. The maximum absolute atomic E-state index is 12.4. The Morgan fingerprint density at radius 1 is 0.818 bits per heavy atom. The number of piperidine rings is 2. The standard InChI is InChI=1S/C13H24N2O5S2/c16-13(14-5-1-11(2-6-14)9-21(17)18)15-7-3-12(4-8-15)10-22(19)20/h11-12H,1-10H2,(H,17,18)(H,19,20)/p-2. The number of hydrogen-bond donors (Lipinski definition) is 0. The molecule has 0 radical (unpaired) electrons. The van der Waals surface area contributed by atoms with Gasteiger partial charge in [0.05, 0.1) is 0 Å². The van der Waals surface area contributed by atoms with Crippen LogP contribution in [0.3, 0.4) is 0 Å². The van der Waals surface area contributed by atoms with Gasteiger partial charge in [-0.15, -0.1) is 0 Å². The molecule has 0 bridgehead atoms. The van der Waals surface area contributed by atoms with E-state index in [1.165, 1.54) is 0 Å². The zero-order valence-corrected chi connectivity index (χ0v) is 14.1. The van der Waals surface area contributed by atoms with Gasteiger partial charge in [0.2, 0.25) is 0 Å². The Labute approximate surface area is 136 Å². The molecule has 0 saturated carbocycles. The third-order valence-corrected chi connectivity index (χ3v) is 6.00. The topological polar surface area (TPSA) is 104 Å². The molecule has 2 atom stereocenters. The highest BCUT2D eigenvalue weighted by atomic mass is 32.2. The van der Waals surface area contributed by atoms with Crippen molar-refractivity contribution in [2.75, 3.05) is 37.7 Å². The lowest BCUT2D eigenvalue weighted by Gasteiger charge is -2.39. The van der Waals surface area contributed by atoms with Crippen LogP contribution in [0, 0.1) is 11.8 Å². The minimum Gasteiger partial charge on any atom is -0.772 e. The number of carbonyl (C=O) groups is 1. The average molecular weight is 350 g/mol. The molecule has 2 aliphatic heterocycles. The number of urea groups is 1. The Morgan fingerprint density at radius 3 is 1.41 bits per heavy atom. The predicted octanol–water partition coefficient (Wildman–Crippen LogP) is 0.289. The molecule has 2 amide bonds. The summed E-state index contributed by atoms with van der Waals surface area (Å²) in [5, 5.41) is 0. The fourth-order valence-corrected chi connectivity index (χ4v) is 4.60. The Morgan fingerprint density at radius 2 is 1.14 bits per heavy atom. The molecule has 0 N–H and O–H groups in total. The SMILES string of the molecule is O=C(N1CCC(CS(=O)[O-])CC1)N1CCC(CS(=O)[O-])CC1. The first kappa shape index (κ1) is 17.8. The summed E-state index contributed by atoms with van der Waals surface area (Å²) < 4.78 is 42.8. The first-order valence-electron chi connectivity index (χ1n) is 7.61. The van der Waals surface area contributed by atoms with E-state index in [2.05, 4.69) is 0 Å². The lowest BCUT2D eigenvalue weighted by Crippen LogP contribution is -2.49. The predicted molar refractivity (Wildman–Crippen MR) is 81.6 cm³/mol. The van der Waals surface area contributed by atoms with Gasteiger partial charge in [0.1, 0.15) is 0 Å². The van der Waals surface area contributed by atoms with Crippen molar-refractivity contribution in [1.82, 2.24) is 9.80 Å². The van der Waals surface area contributed by atoms with Crippen molar-refractivity contribution >= 4 is 28.2 Å². The summed E-state index contributed by atoms with van der Waals surface area (Å²) in [5.41, 5.74) is 0. The Kier molecular flexibility index (Phi) is 6.79. The fraction of sp³-hybridized carbons (Fsp3) is 0.923. The highest BCUT2D eigenvalue weighted by Crippen LogP contribution is 2.22. The van der Waals surface area contributed by atoms with E-state index in [1.807, 2.05) is 0 Å². The van der Waals surface area contributed by atoms with Gasteiger partial charge in [-0.3, -0.25) is 8.42 Å². The summed E-state index contributed by atoms with van der Waals surface area (Å²) in [6.07, 6.45) is 2.91. The largest absolute Gasteiger partial charge is 0.772 e. The minimum absolute atomic E-state index is 0.00314. The van der Waals surface area contributed by atoms with Crippen LogP contribution in [-0.4, -0.2) is 71.0 Å². The van der Waals surface area contributed by atoms with Crippen LogP contribution in [0.15, 0.2) is 0 Å². The van der Waals surface area contributed by atoms with Crippen molar-refractivity contribution in [2.45, 2.75) is 25.7 Å². The zero-order valence-electron chi connectivity index (χ0n) is 12.5. The Hall–Kier alpha value is -0.510. The second-order valence-corrected chi connectivity index (χ2v) is 7.97. The summed E-state index contributed by atoms with van der Waals surface area (Å²) in [7, 11) is 0. The Balaban J connectivity index is 1.74. The fourth-order valence-electron chi connectivity index (χ4n) is 3.17. The minimum atomic E-state index is -2.01. The van der Waals surface area contributed by atoms with E-state index >= 15 is 0 Å². The molecule has 2 saturated heterocycles. The third-order valence-electron chi connectivity index (χ3n) is 4.51. The molecule has 2 aliphatic rings. The number of nitrogens with zero attached hydrogens (tertiary/aromatic N) is 2. The number of carbonyl (C=O) groups excluding carboxylic acids is 1. The van der Waals surface area contributed by atoms with Gasteiger partial charge in [0.15, 0.2) is 0 Å². The molecule has 2 unspecified atom stereocenters. The molecule has 9 heteroatoms. The van der Waals surface area contributed by atoms with E-state index in [0.717, 1.165) is 25.7 Å². The molecule has 128 valence electrons. The van der Waals surface area contributed by atoms with Crippen LogP contribution in [0.4, 0.5) is 4.79 Å². The van der Waals surface area contributed by atoms with E-state index in [4.69, 9.17) is 0 Å². The molecule has 0 aromatic rings. The van der Waals surface area contributed by atoms with Gasteiger partial charge < -0.3 is 18.9 Å². The number of hydrogen-bond acceptors (Lipinski definition) is 5. The molecule has 0 aliphatic carbocycles. The van der Waals surface area contributed by atoms with Crippen molar-refractivity contribution in [3.8, 4) is 0 Å². The van der Waals surface area contributed by atoms with E-state index < -0.39 is 22.2 Å². The van der Waals surface area contributed by atoms with Crippen LogP contribution >= 0.6 is 0 Å². The normalized spacial score (nSPS) is 24.3. The monoisotopic (exact) mass is 350 g/mol. The maximum Gasteiger partial charge on any atom is 0.319 e. The summed E-state index contributed by atoms with van der Waals surface area (Å²) in [5.74, 6) is 0.666. The first-order chi connectivity index (χ1) is 10.5. The van der Waals surface area contributed by atoms with E-state index in [9.17, 15) is 22.3 Å². The molecule has 0 spiro atoms. The summed E-state index contributed by atoms with van der Waals surface area (Å²) in [4.78, 5) is 16.0. The quantitative estimate of drug-likeness (QED) is 0.678. The van der Waals surface area contributed by atoms with Gasteiger partial charge in [0.25, 0.3) is 0 Å². The van der Waals surface area contributed by atoms with Gasteiger partial charge >= 0.3 is 6.03 Å². The Bertz CT molecular complexity index is 394. The van der Waals surface area contributed by atoms with Crippen LogP contribution in [-0.2, 0) is 22.2 Å². The van der Waals surface area contributed by atoms with Gasteiger partial charge in [-0.25, -0.2) is 4.79 Å². The molecular weight excluding hydrogens is 328 g/mol. The van der Waals surface area contributed by atoms with Gasteiger partial charge in [-0.1, -0.05) is 22.2 Å². The highest BCUT2D eigenvalue weighted by molar-refractivity contribution is 7.79. The highest BCUT2D eigenvalue weighted by Gasteiger charge is 2.29. The average Bonchev–Trinajstić information content (AvgIpc) is 2.47. The van der Waals surface area contributed by atoms with Crippen molar-refractivity contribution in [2.24, 2.45) is 11.8 Å². The molecule has 0 aromatic heterocycles. The third kappa shape index (κ3) is 5.29. The molecule has 0 aromatic carbocycles. The van der Waals surface area contributed by atoms with Crippen LogP contribution in [0.2, 0.25) is 0 Å². The van der Waals surface area contributed by atoms with E-state index in [0.29, 0.717) is 26.2 Å². The van der Waals surface area contributed by atoms with Crippen molar-refractivity contribution in [3.63, 3.8) is 0 Å². The van der Waals surface area contributed by atoms with Crippen molar-refractivity contribution in [1.29, 1.82) is 0 Å². The molecule has 7 nitrogen and oxygen atoms in total. The van der Waals surface area contributed by atoms with E-state index in [1.54, 1.807) is 9.80 Å². The molecule has 22 heavy (non-hydrogen) atoms. The number of amides is 2. The van der Waals surface area contributed by atoms with Crippen LogP contribution in [0.25, 0.3) is 0 Å². The van der Waals surface area contributed by atoms with Crippen molar-refractivity contribution < 1.29 is 22.3 Å². The lowest BCUT2D eigenvalue weighted by atomic mass is 9.98. The van der Waals surface area contributed by atoms with Crippen LogP contribution in [0.1, 0.15) is 25.7 Å². The summed E-state index contributed by atoms with van der Waals surface area (Å²) in [6, 6.07) is 0.00314. The number of rotatable bonds is 4. The van der Waals surface area contributed by atoms with Crippen LogP contribution < -0.4 is 0 Å². The lowest BCUT2D eigenvalue weighted by molar-refractivity contribution is 0.120. The van der Waals surface area contributed by atoms with Gasteiger partial charge in [0, 0.05) is 37.7 Å². The summed E-state index contributed by atoms with van der Waals surface area (Å²) in [6.45, 7) is 2.41. The van der Waals surface area contributed by atoms with E-state index in [-0.39, 0.29) is 29.4 Å². The summed E-state index contributed by atoms with van der Waals surface area (Å²) >= 11 is -4.03. The van der Waals surface area contributed by atoms with Crippen LogP contribution in [0.5, 0.6) is 0 Å². The van der Waals surface area contributed by atoms with Gasteiger partial charge in [-0.05, 0) is 37.5 Å². The molecule has 2 heterocycles. The second-order valence-electron chi connectivity index (χ2n) is 6.08. The molecular formula is C13H22N2O5S2-2. The molecule has 2 fully saturated rings. The zero-order chi connectivity index (χ0) is 16.1. The number of likely N-dealkylation sites (tertiary alicyclic amines) is 2. The second kappa shape index (κ2) is 8.37. The molecule has 2 rings (SSSR count). The van der Waals surface area contributed by atoms with Crippen molar-refractivity contribution in [3.05, 3.63) is 0 Å². The van der Waals surface area contributed by atoms with Gasteiger partial charge in [-0.2, -0.15) is 0 Å². The smallest absolute Gasteiger partial charge is 0.319 e. The maximum atomic E-state index is 12.4.